The van der Waals surface area contributed by atoms with E-state index in [2.05, 4.69) is 33.8 Å². The fourth-order valence-corrected chi connectivity index (χ4v) is 7.08. The standard InChI is InChI=1S/C38H50N6O7/c1-11-15-24(28(45)31(47)39-18-12-2)40-30(46)27-26-23(38(26,9)10)19-43(27)34(50)29(37(6,7)8)42-35(51)41-25(36(3,4)5)20-44-32(48)21-16-13-14-17-22(21)33(44)49/h1,12-14,16-17,23-27,29H,2,15,18-20H2,3-10H3,(H,39,47)(H,40,46)(H2,41,42,51)/t23-,24?,25+,26-,27-,29+/m0/s1. The fraction of sp³-hybridized carbons (Fsp3) is 0.553. The Morgan fingerprint density at radius 1 is 0.980 bits per heavy atom. The number of piperidine rings is 1. The molecule has 13 heteroatoms. The quantitative estimate of drug-likeness (QED) is 0.112. The van der Waals surface area contributed by atoms with Crippen molar-refractivity contribution in [2.75, 3.05) is 19.6 Å². The van der Waals surface area contributed by atoms with E-state index in [4.69, 9.17) is 6.42 Å². The molecule has 4 rings (SSSR count). The van der Waals surface area contributed by atoms with Crippen molar-refractivity contribution in [1.82, 2.24) is 31.1 Å². The van der Waals surface area contributed by atoms with Gasteiger partial charge in [-0.25, -0.2) is 4.79 Å². The second kappa shape index (κ2) is 14.3. The minimum absolute atomic E-state index is 0.00533. The number of carbonyl (C=O) groups is 7. The van der Waals surface area contributed by atoms with Gasteiger partial charge in [0.25, 0.3) is 17.7 Å². The second-order valence-corrected chi connectivity index (χ2v) is 16.3. The van der Waals surface area contributed by atoms with Gasteiger partial charge in [-0.1, -0.05) is 73.6 Å². The summed E-state index contributed by atoms with van der Waals surface area (Å²) in [4.78, 5) is 96.2. The lowest BCUT2D eigenvalue weighted by molar-refractivity contribution is -0.145. The van der Waals surface area contributed by atoms with Crippen LogP contribution in [0, 0.1) is 40.4 Å². The molecule has 1 aromatic carbocycles. The number of imide groups is 1. The topological polar surface area (TPSA) is 174 Å². The van der Waals surface area contributed by atoms with E-state index >= 15 is 0 Å². The summed E-state index contributed by atoms with van der Waals surface area (Å²) in [7, 11) is 0. The first-order valence-corrected chi connectivity index (χ1v) is 17.2. The molecule has 2 heterocycles. The third-order valence-electron chi connectivity index (χ3n) is 10.3. The molecule has 0 radical (unpaired) electrons. The Balaban J connectivity index is 1.53. The first-order chi connectivity index (χ1) is 23.7. The maximum absolute atomic E-state index is 14.4. The summed E-state index contributed by atoms with van der Waals surface area (Å²) in [5.41, 5.74) is -1.09. The number of nitrogens with zero attached hydrogens (tertiary/aromatic N) is 2. The van der Waals surface area contributed by atoms with Crippen molar-refractivity contribution in [2.45, 2.75) is 86.0 Å². The number of amides is 7. The Morgan fingerprint density at radius 2 is 1.57 bits per heavy atom. The molecule has 7 amide bonds. The summed E-state index contributed by atoms with van der Waals surface area (Å²) in [5.74, 6) is -1.72. The van der Waals surface area contributed by atoms with E-state index in [0.29, 0.717) is 11.1 Å². The lowest BCUT2D eigenvalue weighted by Gasteiger charge is -2.39. The molecule has 0 aromatic heterocycles. The van der Waals surface area contributed by atoms with Crippen LogP contribution in [0.5, 0.6) is 0 Å². The monoisotopic (exact) mass is 702 g/mol. The number of nitrogens with one attached hydrogen (secondary N) is 4. The van der Waals surface area contributed by atoms with Gasteiger partial charge < -0.3 is 26.2 Å². The molecule has 1 saturated heterocycles. The summed E-state index contributed by atoms with van der Waals surface area (Å²) < 4.78 is 0. The Morgan fingerprint density at radius 3 is 2.08 bits per heavy atom. The summed E-state index contributed by atoms with van der Waals surface area (Å²) in [6.45, 7) is 18.7. The van der Waals surface area contributed by atoms with Crippen LogP contribution in [-0.2, 0) is 19.2 Å². The van der Waals surface area contributed by atoms with Crippen LogP contribution in [0.25, 0.3) is 0 Å². The number of hydrogen-bond donors (Lipinski definition) is 4. The van der Waals surface area contributed by atoms with Crippen molar-refractivity contribution in [3.63, 3.8) is 0 Å². The number of urea groups is 1. The van der Waals surface area contributed by atoms with Crippen LogP contribution in [0.1, 0.15) is 82.5 Å². The van der Waals surface area contributed by atoms with Gasteiger partial charge in [-0.3, -0.25) is 33.7 Å². The van der Waals surface area contributed by atoms with Gasteiger partial charge in [0.15, 0.2) is 0 Å². The molecule has 4 N–H and O–H groups in total. The highest BCUT2D eigenvalue weighted by Gasteiger charge is 2.70. The highest BCUT2D eigenvalue weighted by atomic mass is 16.2. The van der Waals surface area contributed by atoms with Crippen LogP contribution in [0.4, 0.5) is 4.79 Å². The van der Waals surface area contributed by atoms with Gasteiger partial charge in [-0.05, 0) is 40.2 Å². The molecule has 1 aliphatic carbocycles. The molecule has 1 aromatic rings. The smallest absolute Gasteiger partial charge is 0.315 e. The maximum atomic E-state index is 14.4. The van der Waals surface area contributed by atoms with Crippen molar-refractivity contribution in [3.05, 3.63) is 48.0 Å². The Hall–Kier alpha value is -4.99. The summed E-state index contributed by atoms with van der Waals surface area (Å²) in [5, 5.41) is 10.8. The van der Waals surface area contributed by atoms with Gasteiger partial charge >= 0.3 is 6.03 Å². The van der Waals surface area contributed by atoms with E-state index in [1.807, 2.05) is 34.6 Å². The van der Waals surface area contributed by atoms with Crippen LogP contribution in [0.3, 0.4) is 0 Å². The Bertz CT molecular complexity index is 1640. The minimum atomic E-state index is -1.30. The molecule has 1 saturated carbocycles. The van der Waals surface area contributed by atoms with Crippen molar-refractivity contribution >= 4 is 41.4 Å². The van der Waals surface area contributed by atoms with E-state index in [1.54, 1.807) is 45.0 Å². The Labute approximate surface area is 299 Å². The number of benzene rings is 1. The number of Topliss-reactive ketones (excluding diaryl/α,β-unsaturated/α-hetero) is 1. The zero-order valence-electron chi connectivity index (χ0n) is 30.7. The highest BCUT2D eigenvalue weighted by Crippen LogP contribution is 2.65. The fourth-order valence-electron chi connectivity index (χ4n) is 7.08. The number of fused-ring (bicyclic) bond motifs is 2. The molecule has 274 valence electrons. The Kier molecular flexibility index (Phi) is 10.9. The number of carbonyl (C=O) groups excluding carboxylic acids is 7. The molecule has 6 atom stereocenters. The maximum Gasteiger partial charge on any atom is 0.315 e. The number of likely N-dealkylation sites (tertiary alicyclic amines) is 1. The number of rotatable bonds is 12. The zero-order chi connectivity index (χ0) is 38.2. The van der Waals surface area contributed by atoms with Crippen molar-refractivity contribution in [1.29, 1.82) is 0 Å². The minimum Gasteiger partial charge on any atom is -0.346 e. The SMILES string of the molecule is C#CCC(NC(=O)[C@@H]1[C@@H]2[C@H](CN1C(=O)[C@@H](NC(=O)N[C@H](CN1C(=O)c3ccccc3C1=O)C(C)(C)C)C(C)(C)C)C2(C)C)C(=O)C(=O)NCC=C. The van der Waals surface area contributed by atoms with Crippen LogP contribution in [0.15, 0.2) is 36.9 Å². The first kappa shape index (κ1) is 38.8. The summed E-state index contributed by atoms with van der Waals surface area (Å²) in [6.07, 6.45) is 6.66. The molecular weight excluding hydrogens is 652 g/mol. The van der Waals surface area contributed by atoms with Gasteiger partial charge in [0, 0.05) is 19.5 Å². The molecule has 51 heavy (non-hydrogen) atoms. The molecule has 0 spiro atoms. The van der Waals surface area contributed by atoms with Crippen molar-refractivity contribution < 1.29 is 33.6 Å². The van der Waals surface area contributed by atoms with E-state index < -0.39 is 76.3 Å². The van der Waals surface area contributed by atoms with Crippen LogP contribution in [-0.4, -0.2) is 95.0 Å². The van der Waals surface area contributed by atoms with Gasteiger partial charge in [0.05, 0.1) is 23.7 Å². The van der Waals surface area contributed by atoms with E-state index in [0.717, 1.165) is 4.90 Å². The largest absolute Gasteiger partial charge is 0.346 e. The molecule has 2 aliphatic heterocycles. The molecular formula is C38H50N6O7. The first-order valence-electron chi connectivity index (χ1n) is 17.2. The lowest BCUT2D eigenvalue weighted by Crippen LogP contribution is -2.62. The average molecular weight is 703 g/mol. The molecule has 1 unspecified atom stereocenters. The molecule has 3 aliphatic rings. The predicted octanol–water partition coefficient (Wildman–Crippen LogP) is 2.27. The molecule has 13 nitrogen and oxygen atoms in total. The lowest BCUT2D eigenvalue weighted by atomic mass is 9.85. The van der Waals surface area contributed by atoms with Crippen LogP contribution < -0.4 is 21.3 Å². The van der Waals surface area contributed by atoms with Crippen molar-refractivity contribution in [2.24, 2.45) is 28.1 Å². The van der Waals surface area contributed by atoms with Gasteiger partial charge in [-0.2, -0.15) is 0 Å². The average Bonchev–Trinajstić information content (AvgIpc) is 3.30. The van der Waals surface area contributed by atoms with Crippen LogP contribution in [0.2, 0.25) is 0 Å². The van der Waals surface area contributed by atoms with Gasteiger partial charge in [0.1, 0.15) is 18.1 Å². The zero-order valence-corrected chi connectivity index (χ0v) is 30.7. The van der Waals surface area contributed by atoms with Crippen molar-refractivity contribution in [3.8, 4) is 12.3 Å². The second-order valence-electron chi connectivity index (χ2n) is 16.3. The van der Waals surface area contributed by atoms with Gasteiger partial charge in [-0.15, -0.1) is 18.9 Å². The van der Waals surface area contributed by atoms with E-state index in [1.165, 1.54) is 11.0 Å². The summed E-state index contributed by atoms with van der Waals surface area (Å²) in [6, 6.07) is 1.79. The third-order valence-corrected chi connectivity index (χ3v) is 10.3. The van der Waals surface area contributed by atoms with E-state index in [-0.39, 0.29) is 43.3 Å². The molecule has 0 bridgehead atoms. The van der Waals surface area contributed by atoms with Gasteiger partial charge in [0.2, 0.25) is 17.6 Å². The van der Waals surface area contributed by atoms with E-state index in [9.17, 15) is 33.6 Å². The molecule has 2 fully saturated rings. The predicted molar refractivity (Wildman–Crippen MR) is 190 cm³/mol. The number of ketones is 1. The number of hydrogen-bond acceptors (Lipinski definition) is 7. The highest BCUT2D eigenvalue weighted by molar-refractivity contribution is 6.38. The number of terminal acetylenes is 1. The van der Waals surface area contributed by atoms with Crippen LogP contribution >= 0.6 is 0 Å². The normalized spacial score (nSPS) is 22.1. The third kappa shape index (κ3) is 7.85. The summed E-state index contributed by atoms with van der Waals surface area (Å²) >= 11 is 0.